The minimum atomic E-state index is -1.33. The molecule has 7 heteroatoms. The van der Waals surface area contributed by atoms with Gasteiger partial charge < -0.3 is 9.88 Å². The van der Waals surface area contributed by atoms with Gasteiger partial charge in [-0.25, -0.2) is 9.37 Å². The fraction of sp³-hybridized carbons (Fsp3) is 0.0526. The van der Waals surface area contributed by atoms with Gasteiger partial charge in [-0.15, -0.1) is 10.2 Å². The van der Waals surface area contributed by atoms with E-state index in [2.05, 4.69) is 20.5 Å². The Morgan fingerprint density at radius 2 is 2.08 bits per heavy atom. The van der Waals surface area contributed by atoms with E-state index in [1.165, 1.54) is 0 Å². The molecule has 1 amide bonds. The Bertz CT molecular complexity index is 1300. The van der Waals surface area contributed by atoms with Crippen molar-refractivity contribution in [1.82, 2.24) is 19.7 Å². The number of benzene rings is 2. The van der Waals surface area contributed by atoms with Gasteiger partial charge in [-0.2, -0.15) is 0 Å². The standard InChI is InChI=1S/C19H14FN5O/c1-25-11-21-10-17(25)12-6-7-16-13(8-12)9-18(24-23-16)22-19(26)14-4-2-3-5-15(14)20/h2-11H,1H3,(H,22,24,26)/i2D,3D,4D,5D. The summed E-state index contributed by atoms with van der Waals surface area (Å²) in [5, 5.41) is 10.9. The van der Waals surface area contributed by atoms with Crippen molar-refractivity contribution >= 4 is 22.6 Å². The SMILES string of the molecule is [2H]c1c([2H])c([2H])c(C(=O)Nc2cc3cc(-c4cncn4C)ccc3nn2)c(F)c1[2H]. The van der Waals surface area contributed by atoms with Crippen LogP contribution in [0.15, 0.2) is 61.0 Å². The van der Waals surface area contributed by atoms with Gasteiger partial charge in [0.1, 0.15) is 5.82 Å². The number of hydrogen-bond acceptors (Lipinski definition) is 4. The van der Waals surface area contributed by atoms with Crippen LogP contribution in [0.5, 0.6) is 0 Å². The van der Waals surface area contributed by atoms with Gasteiger partial charge in [0.15, 0.2) is 5.82 Å². The number of amides is 1. The minimum Gasteiger partial charge on any atom is -0.334 e. The number of imidazole rings is 1. The Balaban J connectivity index is 1.71. The fourth-order valence-corrected chi connectivity index (χ4v) is 2.53. The molecule has 0 bridgehead atoms. The van der Waals surface area contributed by atoms with E-state index in [1.54, 1.807) is 24.7 Å². The number of halogens is 1. The maximum absolute atomic E-state index is 14.3. The number of carbonyl (C=O) groups is 1. The zero-order valence-electron chi connectivity index (χ0n) is 17.5. The molecule has 0 radical (unpaired) electrons. The van der Waals surface area contributed by atoms with Gasteiger partial charge in [-0.1, -0.05) is 18.2 Å². The summed E-state index contributed by atoms with van der Waals surface area (Å²) >= 11 is 0. The summed E-state index contributed by atoms with van der Waals surface area (Å²) in [6, 6.07) is 3.89. The molecule has 1 N–H and O–H groups in total. The predicted molar refractivity (Wildman–Crippen MR) is 96.1 cm³/mol. The van der Waals surface area contributed by atoms with Gasteiger partial charge in [-0.05, 0) is 30.3 Å². The molecule has 4 aromatic rings. The average molecular weight is 351 g/mol. The molecule has 0 unspecified atom stereocenters. The van der Waals surface area contributed by atoms with Gasteiger partial charge in [0, 0.05) is 18.0 Å². The number of aryl methyl sites for hydroxylation is 1. The zero-order chi connectivity index (χ0) is 21.6. The maximum Gasteiger partial charge on any atom is 0.259 e. The summed E-state index contributed by atoms with van der Waals surface area (Å²) in [6.45, 7) is 0. The van der Waals surface area contributed by atoms with Crippen LogP contribution < -0.4 is 5.32 Å². The number of fused-ring (bicyclic) bond motifs is 1. The number of nitrogens with zero attached hydrogens (tertiary/aromatic N) is 4. The van der Waals surface area contributed by atoms with Crippen LogP contribution in [0.25, 0.3) is 22.2 Å². The number of anilines is 1. The molecule has 0 saturated carbocycles. The molecule has 2 aromatic carbocycles. The summed E-state index contributed by atoms with van der Waals surface area (Å²) in [5.74, 6) is -2.36. The summed E-state index contributed by atoms with van der Waals surface area (Å²) in [4.78, 5) is 16.6. The molecule has 0 aliphatic rings. The van der Waals surface area contributed by atoms with Gasteiger partial charge in [0.05, 0.1) is 34.8 Å². The summed E-state index contributed by atoms with van der Waals surface area (Å²) in [5.41, 5.74) is 1.54. The Hall–Kier alpha value is -3.61. The van der Waals surface area contributed by atoms with Crippen LogP contribution in [0.1, 0.15) is 15.8 Å². The second-order valence-electron chi connectivity index (χ2n) is 5.54. The molecule has 2 aromatic heterocycles. The first-order chi connectivity index (χ1) is 14.3. The van der Waals surface area contributed by atoms with Crippen molar-refractivity contribution < 1.29 is 14.7 Å². The summed E-state index contributed by atoms with van der Waals surface area (Å²) < 4.78 is 46.6. The first-order valence-corrected chi connectivity index (χ1v) is 7.59. The van der Waals surface area contributed by atoms with E-state index in [-0.39, 0.29) is 5.82 Å². The molecule has 4 rings (SSSR count). The van der Waals surface area contributed by atoms with Crippen molar-refractivity contribution in [2.75, 3.05) is 5.32 Å². The lowest BCUT2D eigenvalue weighted by atomic mass is 10.1. The van der Waals surface area contributed by atoms with Crippen LogP contribution in [0.2, 0.25) is 0 Å². The third-order valence-corrected chi connectivity index (χ3v) is 3.81. The van der Waals surface area contributed by atoms with Crippen molar-refractivity contribution in [3.8, 4) is 11.3 Å². The quantitative estimate of drug-likeness (QED) is 0.614. The van der Waals surface area contributed by atoms with Crippen molar-refractivity contribution in [2.45, 2.75) is 0 Å². The van der Waals surface area contributed by atoms with E-state index < -0.39 is 41.5 Å². The highest BCUT2D eigenvalue weighted by molar-refractivity contribution is 6.04. The lowest BCUT2D eigenvalue weighted by Gasteiger charge is -2.07. The Labute approximate surface area is 154 Å². The monoisotopic (exact) mass is 351 g/mol. The van der Waals surface area contributed by atoms with E-state index in [1.807, 2.05) is 23.7 Å². The van der Waals surface area contributed by atoms with Crippen molar-refractivity contribution in [3.05, 3.63) is 72.3 Å². The Morgan fingerprint density at radius 3 is 2.88 bits per heavy atom. The number of nitrogens with one attached hydrogen (secondary N) is 1. The van der Waals surface area contributed by atoms with Crippen molar-refractivity contribution in [2.24, 2.45) is 7.05 Å². The molecule has 0 aliphatic heterocycles. The maximum atomic E-state index is 14.3. The largest absolute Gasteiger partial charge is 0.334 e. The molecule has 0 aliphatic carbocycles. The Morgan fingerprint density at radius 1 is 1.23 bits per heavy atom. The summed E-state index contributed by atoms with van der Waals surface area (Å²) in [7, 11) is 1.86. The van der Waals surface area contributed by atoms with Gasteiger partial charge in [-0.3, -0.25) is 4.79 Å². The van der Waals surface area contributed by atoms with E-state index in [9.17, 15) is 9.18 Å². The third kappa shape index (κ3) is 2.90. The van der Waals surface area contributed by atoms with E-state index in [0.717, 1.165) is 11.3 Å². The van der Waals surface area contributed by atoms with E-state index >= 15 is 0 Å². The molecular weight excluding hydrogens is 333 g/mol. The van der Waals surface area contributed by atoms with Crippen LogP contribution in [0.3, 0.4) is 0 Å². The molecule has 128 valence electrons. The van der Waals surface area contributed by atoms with Gasteiger partial charge in [0.2, 0.25) is 0 Å². The van der Waals surface area contributed by atoms with Gasteiger partial charge in [0.25, 0.3) is 5.91 Å². The second kappa shape index (κ2) is 6.36. The van der Waals surface area contributed by atoms with Crippen molar-refractivity contribution in [1.29, 1.82) is 0 Å². The van der Waals surface area contributed by atoms with E-state index in [0.29, 0.717) is 10.9 Å². The van der Waals surface area contributed by atoms with Gasteiger partial charge >= 0.3 is 0 Å². The molecule has 2 heterocycles. The normalized spacial score (nSPS) is 13.0. The van der Waals surface area contributed by atoms with Crippen molar-refractivity contribution in [3.63, 3.8) is 0 Å². The molecule has 26 heavy (non-hydrogen) atoms. The third-order valence-electron chi connectivity index (χ3n) is 3.81. The first kappa shape index (κ1) is 11.9. The van der Waals surface area contributed by atoms with Crippen LogP contribution in [-0.2, 0) is 7.05 Å². The molecule has 0 saturated heterocycles. The fourth-order valence-electron chi connectivity index (χ4n) is 2.53. The molecular formula is C19H14FN5O. The topological polar surface area (TPSA) is 72.7 Å². The smallest absolute Gasteiger partial charge is 0.259 e. The number of aromatic nitrogens is 4. The number of hydrogen-bond donors (Lipinski definition) is 1. The summed E-state index contributed by atoms with van der Waals surface area (Å²) in [6.07, 6.45) is 3.39. The Kier molecular flexibility index (Phi) is 2.90. The molecule has 0 atom stereocenters. The lowest BCUT2D eigenvalue weighted by molar-refractivity contribution is 0.102. The van der Waals surface area contributed by atoms with Crippen LogP contribution in [0.4, 0.5) is 10.2 Å². The number of rotatable bonds is 3. The molecule has 0 fully saturated rings. The lowest BCUT2D eigenvalue weighted by Crippen LogP contribution is -2.14. The predicted octanol–water partition coefficient (Wildman–Crippen LogP) is 3.42. The minimum absolute atomic E-state index is 0.0152. The van der Waals surface area contributed by atoms with Crippen LogP contribution >= 0.6 is 0 Å². The molecule has 0 spiro atoms. The highest BCUT2D eigenvalue weighted by Gasteiger charge is 2.12. The second-order valence-corrected chi connectivity index (χ2v) is 5.54. The zero-order valence-corrected chi connectivity index (χ0v) is 13.5. The average Bonchev–Trinajstić information content (AvgIpc) is 3.16. The first-order valence-electron chi connectivity index (χ1n) is 9.59. The van der Waals surface area contributed by atoms with E-state index in [4.69, 9.17) is 5.48 Å². The highest BCUT2D eigenvalue weighted by Crippen LogP contribution is 2.24. The van der Waals surface area contributed by atoms with Crippen LogP contribution in [0, 0.1) is 5.82 Å². The highest BCUT2D eigenvalue weighted by atomic mass is 19.1. The number of carbonyl (C=O) groups excluding carboxylic acids is 1. The van der Waals surface area contributed by atoms with Crippen LogP contribution in [-0.4, -0.2) is 25.7 Å². The molecule has 6 nitrogen and oxygen atoms in total.